The first kappa shape index (κ1) is 16.4. The largest absolute Gasteiger partial charge is 0.313 e. The molecule has 0 spiro atoms. The van der Waals surface area contributed by atoms with Gasteiger partial charge in [0.1, 0.15) is 10.7 Å². The molecule has 0 bridgehead atoms. The van der Waals surface area contributed by atoms with Gasteiger partial charge < -0.3 is 5.32 Å². The molecular formula is C15H23FN2O2S. The van der Waals surface area contributed by atoms with Crippen molar-refractivity contribution in [1.82, 2.24) is 10.0 Å². The van der Waals surface area contributed by atoms with Gasteiger partial charge in [-0.05, 0) is 42.5 Å². The third-order valence-corrected chi connectivity index (χ3v) is 5.36. The summed E-state index contributed by atoms with van der Waals surface area (Å²) in [4.78, 5) is -0.274. The highest BCUT2D eigenvalue weighted by Gasteiger charge is 2.48. The summed E-state index contributed by atoms with van der Waals surface area (Å²) < 4.78 is 41.0. The van der Waals surface area contributed by atoms with Gasteiger partial charge in [0.15, 0.2) is 0 Å². The summed E-state index contributed by atoms with van der Waals surface area (Å²) >= 11 is 0. The maximum absolute atomic E-state index is 14.1. The van der Waals surface area contributed by atoms with Crippen molar-refractivity contribution in [2.45, 2.75) is 51.1 Å². The van der Waals surface area contributed by atoms with E-state index in [9.17, 15) is 12.8 Å². The second kappa shape index (κ2) is 6.02. The van der Waals surface area contributed by atoms with Crippen molar-refractivity contribution in [3.05, 3.63) is 29.6 Å². The van der Waals surface area contributed by atoms with E-state index in [-0.39, 0.29) is 16.4 Å². The number of rotatable bonds is 7. The van der Waals surface area contributed by atoms with Gasteiger partial charge in [0, 0.05) is 12.6 Å². The van der Waals surface area contributed by atoms with Crippen LogP contribution in [0.3, 0.4) is 0 Å². The number of hydrogen-bond donors (Lipinski definition) is 2. The summed E-state index contributed by atoms with van der Waals surface area (Å²) in [6.45, 7) is 7.40. The molecule has 1 aromatic rings. The van der Waals surface area contributed by atoms with Gasteiger partial charge in [-0.3, -0.25) is 0 Å². The van der Waals surface area contributed by atoms with Gasteiger partial charge in [-0.15, -0.1) is 0 Å². The number of hydrogen-bond acceptors (Lipinski definition) is 3. The zero-order valence-corrected chi connectivity index (χ0v) is 13.6. The van der Waals surface area contributed by atoms with E-state index in [0.717, 1.165) is 24.9 Å². The molecule has 1 aliphatic carbocycles. The van der Waals surface area contributed by atoms with Crippen LogP contribution in [0, 0.1) is 11.2 Å². The predicted molar refractivity (Wildman–Crippen MR) is 80.9 cm³/mol. The second-order valence-corrected chi connectivity index (χ2v) is 7.99. The van der Waals surface area contributed by atoms with Gasteiger partial charge >= 0.3 is 0 Å². The van der Waals surface area contributed by atoms with E-state index in [4.69, 9.17) is 0 Å². The van der Waals surface area contributed by atoms with Crippen molar-refractivity contribution in [3.8, 4) is 0 Å². The van der Waals surface area contributed by atoms with Crippen molar-refractivity contribution in [2.75, 3.05) is 6.54 Å². The lowest BCUT2D eigenvalue weighted by molar-refractivity contribution is 0.539. The quantitative estimate of drug-likeness (QED) is 0.760. The van der Waals surface area contributed by atoms with E-state index >= 15 is 0 Å². The van der Waals surface area contributed by atoms with Crippen molar-refractivity contribution in [1.29, 1.82) is 0 Å². The Hall–Kier alpha value is -0.980. The smallest absolute Gasteiger partial charge is 0.243 e. The first-order valence-electron chi connectivity index (χ1n) is 7.28. The molecule has 1 unspecified atom stereocenters. The minimum Gasteiger partial charge on any atom is -0.313 e. The van der Waals surface area contributed by atoms with E-state index in [1.807, 2.05) is 20.8 Å². The van der Waals surface area contributed by atoms with Crippen LogP contribution in [0.15, 0.2) is 23.1 Å². The van der Waals surface area contributed by atoms with Crippen LogP contribution in [0.1, 0.15) is 39.2 Å². The molecule has 0 radical (unpaired) electrons. The maximum Gasteiger partial charge on any atom is 0.243 e. The summed E-state index contributed by atoms with van der Waals surface area (Å²) in [5.41, 5.74) is 0.708. The van der Waals surface area contributed by atoms with Crippen LogP contribution in [-0.4, -0.2) is 21.0 Å². The molecule has 1 saturated carbocycles. The summed E-state index contributed by atoms with van der Waals surface area (Å²) in [6, 6.07) is 4.18. The normalized spacial score (nSPS) is 20.5. The Balaban J connectivity index is 2.09. The Kier molecular flexibility index (Phi) is 4.70. The average Bonchev–Trinajstić information content (AvgIpc) is 2.95. The standard InChI is InChI=1S/C15H23FN2O2S/c1-4-7-17-10-11-5-6-13(12(16)8-11)21(19,20)18-14-9-15(14,2)3/h5-6,8,14,17-18H,4,7,9-10H2,1-3H3. The fraction of sp³-hybridized carbons (Fsp3) is 0.600. The van der Waals surface area contributed by atoms with Crippen LogP contribution in [0.4, 0.5) is 4.39 Å². The first-order chi connectivity index (χ1) is 9.76. The molecule has 1 fully saturated rings. The van der Waals surface area contributed by atoms with Gasteiger partial charge in [-0.25, -0.2) is 17.5 Å². The fourth-order valence-corrected chi connectivity index (χ4v) is 3.67. The highest BCUT2D eigenvalue weighted by Crippen LogP contribution is 2.45. The summed E-state index contributed by atoms with van der Waals surface area (Å²) in [5, 5.41) is 3.16. The molecule has 2 N–H and O–H groups in total. The van der Waals surface area contributed by atoms with E-state index in [1.54, 1.807) is 6.07 Å². The van der Waals surface area contributed by atoms with Gasteiger partial charge in [0.25, 0.3) is 0 Å². The molecule has 0 heterocycles. The lowest BCUT2D eigenvalue weighted by Crippen LogP contribution is -2.29. The molecule has 1 atom stereocenters. The number of halogens is 1. The molecule has 1 aromatic carbocycles. The Morgan fingerprint density at radius 3 is 2.57 bits per heavy atom. The van der Waals surface area contributed by atoms with Crippen molar-refractivity contribution in [2.24, 2.45) is 5.41 Å². The van der Waals surface area contributed by atoms with Gasteiger partial charge in [0.2, 0.25) is 10.0 Å². The average molecular weight is 314 g/mol. The minimum atomic E-state index is -3.79. The lowest BCUT2D eigenvalue weighted by atomic mass is 10.2. The third-order valence-electron chi connectivity index (χ3n) is 3.85. The molecule has 6 heteroatoms. The van der Waals surface area contributed by atoms with E-state index in [2.05, 4.69) is 10.0 Å². The zero-order valence-electron chi connectivity index (χ0n) is 12.7. The minimum absolute atomic E-state index is 0.0342. The van der Waals surface area contributed by atoms with Crippen LogP contribution < -0.4 is 10.0 Å². The molecule has 0 aromatic heterocycles. The van der Waals surface area contributed by atoms with E-state index < -0.39 is 15.8 Å². The molecule has 0 amide bonds. The number of benzene rings is 1. The highest BCUT2D eigenvalue weighted by atomic mass is 32.2. The maximum atomic E-state index is 14.1. The fourth-order valence-electron chi connectivity index (χ4n) is 2.20. The summed E-state index contributed by atoms with van der Waals surface area (Å²) in [6.07, 6.45) is 1.78. The molecule has 0 saturated heterocycles. The van der Waals surface area contributed by atoms with Crippen LogP contribution >= 0.6 is 0 Å². The SMILES string of the molecule is CCCNCc1ccc(S(=O)(=O)NC2CC2(C)C)c(F)c1. The molecular weight excluding hydrogens is 291 g/mol. The monoisotopic (exact) mass is 314 g/mol. The van der Waals surface area contributed by atoms with Crippen molar-refractivity contribution in [3.63, 3.8) is 0 Å². The van der Waals surface area contributed by atoms with Crippen LogP contribution in [-0.2, 0) is 16.6 Å². The Morgan fingerprint density at radius 1 is 1.38 bits per heavy atom. The zero-order chi connectivity index (χ0) is 15.7. The molecule has 21 heavy (non-hydrogen) atoms. The summed E-state index contributed by atoms with van der Waals surface area (Å²) in [7, 11) is -3.79. The first-order valence-corrected chi connectivity index (χ1v) is 8.76. The predicted octanol–water partition coefficient (Wildman–Crippen LogP) is 2.40. The van der Waals surface area contributed by atoms with Crippen molar-refractivity contribution >= 4 is 10.0 Å². The van der Waals surface area contributed by atoms with E-state index in [0.29, 0.717) is 6.54 Å². The van der Waals surface area contributed by atoms with Crippen molar-refractivity contribution < 1.29 is 12.8 Å². The second-order valence-electron chi connectivity index (χ2n) is 6.31. The molecule has 1 aliphatic rings. The molecule has 4 nitrogen and oxygen atoms in total. The Labute approximate surface area is 126 Å². The summed E-state index contributed by atoms with van der Waals surface area (Å²) in [5.74, 6) is -0.697. The van der Waals surface area contributed by atoms with Gasteiger partial charge in [-0.1, -0.05) is 26.8 Å². The van der Waals surface area contributed by atoms with Gasteiger partial charge in [-0.2, -0.15) is 0 Å². The van der Waals surface area contributed by atoms with E-state index in [1.165, 1.54) is 12.1 Å². The van der Waals surface area contributed by atoms with Crippen LogP contribution in [0.25, 0.3) is 0 Å². The molecule has 2 rings (SSSR count). The Morgan fingerprint density at radius 2 is 2.05 bits per heavy atom. The highest BCUT2D eigenvalue weighted by molar-refractivity contribution is 7.89. The van der Waals surface area contributed by atoms with Crippen LogP contribution in [0.2, 0.25) is 0 Å². The van der Waals surface area contributed by atoms with Crippen LogP contribution in [0.5, 0.6) is 0 Å². The number of sulfonamides is 1. The Bertz CT molecular complexity index is 614. The molecule has 0 aliphatic heterocycles. The number of nitrogens with one attached hydrogen (secondary N) is 2. The third kappa shape index (κ3) is 4.02. The topological polar surface area (TPSA) is 58.2 Å². The lowest BCUT2D eigenvalue weighted by Gasteiger charge is -2.10. The van der Waals surface area contributed by atoms with Gasteiger partial charge in [0.05, 0.1) is 0 Å². The molecule has 118 valence electrons.